The number of quaternary nitrogens is 1. The van der Waals surface area contributed by atoms with Crippen LogP contribution in [0.25, 0.3) is 0 Å². The number of nitrogens with one attached hydrogen (secondary N) is 1. The molecule has 1 aromatic carbocycles. The third kappa shape index (κ3) is 5.28. The van der Waals surface area contributed by atoms with E-state index in [9.17, 15) is 14.7 Å². The van der Waals surface area contributed by atoms with E-state index in [1.54, 1.807) is 12.3 Å². The van der Waals surface area contributed by atoms with Crippen LogP contribution in [0.2, 0.25) is 0 Å². The Morgan fingerprint density at radius 2 is 1.88 bits per heavy atom. The van der Waals surface area contributed by atoms with Gasteiger partial charge in [-0.3, -0.25) is 4.79 Å². The Hall–Kier alpha value is -2.84. The van der Waals surface area contributed by atoms with E-state index < -0.39 is 11.6 Å². The fourth-order valence-corrected chi connectivity index (χ4v) is 5.54. The standard InChI is InChI=1S/C26H34N4O4/c1-30(17-24(31)29-23-14-15-27-19-28-23)16-8-13-22(30)18-34-25(32)26(33,20-9-4-2-5-10-20)21-11-6-3-7-12-21/h2,4-5,9-10,14-15,19,21-22,33H,3,6-8,11-13,16-18H2,1H3/p+1/t22?,26?,30-/m1/s1. The highest BCUT2D eigenvalue weighted by atomic mass is 16.6. The lowest BCUT2D eigenvalue weighted by Gasteiger charge is -2.38. The molecule has 0 bridgehead atoms. The molecule has 8 heteroatoms. The van der Waals surface area contributed by atoms with Crippen LogP contribution in [0.4, 0.5) is 5.82 Å². The number of aromatic nitrogens is 2. The van der Waals surface area contributed by atoms with Crippen LogP contribution in [0, 0.1) is 5.92 Å². The third-order valence-corrected chi connectivity index (χ3v) is 7.57. The van der Waals surface area contributed by atoms with Crippen molar-refractivity contribution in [1.82, 2.24) is 9.97 Å². The van der Waals surface area contributed by atoms with Crippen molar-refractivity contribution in [3.05, 3.63) is 54.5 Å². The molecule has 1 saturated heterocycles. The summed E-state index contributed by atoms with van der Waals surface area (Å²) in [5, 5.41) is 14.5. The van der Waals surface area contributed by atoms with Gasteiger partial charge in [0.1, 0.15) is 24.8 Å². The first-order valence-electron chi connectivity index (χ1n) is 12.3. The average molecular weight is 468 g/mol. The molecule has 2 aromatic rings. The Labute approximate surface area is 201 Å². The fraction of sp³-hybridized carbons (Fsp3) is 0.538. The number of anilines is 1. The maximum absolute atomic E-state index is 13.4. The van der Waals surface area contributed by atoms with Crippen LogP contribution in [0.5, 0.6) is 0 Å². The number of hydrogen-bond donors (Lipinski definition) is 2. The second-order valence-electron chi connectivity index (χ2n) is 9.87. The molecule has 2 aliphatic rings. The molecule has 1 saturated carbocycles. The molecule has 34 heavy (non-hydrogen) atoms. The van der Waals surface area contributed by atoms with E-state index in [0.717, 1.165) is 51.5 Å². The van der Waals surface area contributed by atoms with Crippen molar-refractivity contribution in [2.45, 2.75) is 56.6 Å². The zero-order valence-corrected chi connectivity index (χ0v) is 19.9. The van der Waals surface area contributed by atoms with Crippen molar-refractivity contribution in [1.29, 1.82) is 0 Å². The summed E-state index contributed by atoms with van der Waals surface area (Å²) in [7, 11) is 2.02. The Balaban J connectivity index is 1.43. The first kappa shape index (κ1) is 24.3. The molecule has 2 fully saturated rings. The summed E-state index contributed by atoms with van der Waals surface area (Å²) in [6.07, 6.45) is 9.54. The van der Waals surface area contributed by atoms with E-state index in [0.29, 0.717) is 15.9 Å². The van der Waals surface area contributed by atoms with Gasteiger partial charge in [0.05, 0.1) is 13.6 Å². The van der Waals surface area contributed by atoms with Crippen molar-refractivity contribution >= 4 is 17.7 Å². The fourth-order valence-electron chi connectivity index (χ4n) is 5.54. The van der Waals surface area contributed by atoms with Crippen molar-refractivity contribution in [2.24, 2.45) is 5.92 Å². The molecule has 1 aliphatic carbocycles. The average Bonchev–Trinajstić information content (AvgIpc) is 3.23. The number of nitrogens with zero attached hydrogens (tertiary/aromatic N) is 3. The molecule has 182 valence electrons. The second-order valence-corrected chi connectivity index (χ2v) is 9.87. The number of likely N-dealkylation sites (tertiary alicyclic amines) is 1. The molecule has 2 unspecified atom stereocenters. The predicted molar refractivity (Wildman–Crippen MR) is 127 cm³/mol. The lowest BCUT2D eigenvalue weighted by molar-refractivity contribution is -0.913. The number of likely N-dealkylation sites (N-methyl/N-ethyl adjacent to an activating group) is 1. The van der Waals surface area contributed by atoms with Crippen LogP contribution in [0.1, 0.15) is 50.5 Å². The molecule has 0 spiro atoms. The maximum atomic E-state index is 13.4. The number of aliphatic hydroxyl groups is 1. The van der Waals surface area contributed by atoms with E-state index in [2.05, 4.69) is 15.3 Å². The molecular formula is C26H35N4O4+. The van der Waals surface area contributed by atoms with Crippen LogP contribution < -0.4 is 5.32 Å². The Bertz CT molecular complexity index is 967. The van der Waals surface area contributed by atoms with Gasteiger partial charge in [-0.1, -0.05) is 49.6 Å². The normalized spacial score (nSPS) is 24.8. The third-order valence-electron chi connectivity index (χ3n) is 7.57. The van der Waals surface area contributed by atoms with Crippen molar-refractivity contribution < 1.29 is 23.9 Å². The number of amides is 1. The summed E-state index contributed by atoms with van der Waals surface area (Å²) in [6.45, 7) is 1.26. The van der Waals surface area contributed by atoms with E-state index in [-0.39, 0.29) is 31.0 Å². The van der Waals surface area contributed by atoms with E-state index in [4.69, 9.17) is 4.74 Å². The highest BCUT2D eigenvalue weighted by Crippen LogP contribution is 2.40. The zero-order chi connectivity index (χ0) is 24.0. The van der Waals surface area contributed by atoms with E-state index >= 15 is 0 Å². The minimum Gasteiger partial charge on any atom is -0.457 e. The lowest BCUT2D eigenvalue weighted by atomic mass is 9.73. The first-order valence-corrected chi connectivity index (χ1v) is 12.3. The number of ether oxygens (including phenoxy) is 1. The number of hydrogen-bond acceptors (Lipinski definition) is 6. The summed E-state index contributed by atoms with van der Waals surface area (Å²) < 4.78 is 6.32. The lowest BCUT2D eigenvalue weighted by Crippen LogP contribution is -2.54. The molecule has 8 nitrogen and oxygen atoms in total. The molecule has 1 aromatic heterocycles. The zero-order valence-electron chi connectivity index (χ0n) is 19.9. The SMILES string of the molecule is C[N@+]1(CC(=O)Nc2ccncn2)CCCC1COC(=O)C(O)(c1ccccc1)C1CCCCC1. The topological polar surface area (TPSA) is 101 Å². The summed E-state index contributed by atoms with van der Waals surface area (Å²) in [5.41, 5.74) is -1.05. The van der Waals surface area contributed by atoms with Gasteiger partial charge in [0.15, 0.2) is 12.1 Å². The smallest absolute Gasteiger partial charge is 0.343 e. The number of benzene rings is 1. The molecule has 1 amide bonds. The van der Waals surface area contributed by atoms with E-state index in [1.165, 1.54) is 6.33 Å². The number of rotatable bonds is 8. The summed E-state index contributed by atoms with van der Waals surface area (Å²) in [4.78, 5) is 34.0. The predicted octanol–water partition coefficient (Wildman–Crippen LogP) is 3.04. The van der Waals surface area contributed by atoms with Gasteiger partial charge >= 0.3 is 5.97 Å². The Kier molecular flexibility index (Phi) is 7.58. The molecule has 0 radical (unpaired) electrons. The van der Waals surface area contributed by atoms with Crippen molar-refractivity contribution in [3.63, 3.8) is 0 Å². The minimum atomic E-state index is -1.64. The number of carbonyl (C=O) groups is 2. The molecular weight excluding hydrogens is 432 g/mol. The van der Waals surface area contributed by atoms with Crippen LogP contribution >= 0.6 is 0 Å². The Morgan fingerprint density at radius 3 is 2.59 bits per heavy atom. The summed E-state index contributed by atoms with van der Waals surface area (Å²) in [6, 6.07) is 10.8. The molecule has 2 N–H and O–H groups in total. The second kappa shape index (κ2) is 10.6. The van der Waals surface area contributed by atoms with E-state index in [1.807, 2.05) is 37.4 Å². The molecule has 1 aliphatic heterocycles. The Morgan fingerprint density at radius 1 is 1.12 bits per heavy atom. The highest BCUT2D eigenvalue weighted by molar-refractivity contribution is 5.90. The largest absolute Gasteiger partial charge is 0.457 e. The van der Waals surface area contributed by atoms with Crippen LogP contribution in [-0.2, 0) is 19.9 Å². The summed E-state index contributed by atoms with van der Waals surface area (Å²) in [5.74, 6) is -0.398. The van der Waals surface area contributed by atoms with Crippen LogP contribution in [0.3, 0.4) is 0 Å². The van der Waals surface area contributed by atoms with Gasteiger partial charge in [-0.05, 0) is 24.5 Å². The van der Waals surface area contributed by atoms with Gasteiger partial charge in [-0.15, -0.1) is 0 Å². The van der Waals surface area contributed by atoms with Gasteiger partial charge in [0.2, 0.25) is 0 Å². The van der Waals surface area contributed by atoms with Gasteiger partial charge in [-0.2, -0.15) is 0 Å². The van der Waals surface area contributed by atoms with Crippen molar-refractivity contribution in [2.75, 3.05) is 32.1 Å². The van der Waals surface area contributed by atoms with Crippen LogP contribution in [-0.4, -0.2) is 64.2 Å². The minimum absolute atomic E-state index is 0.00789. The number of esters is 1. The molecule has 3 atom stereocenters. The molecule has 2 heterocycles. The molecule has 4 rings (SSSR count). The van der Waals surface area contributed by atoms with Gasteiger partial charge in [-0.25, -0.2) is 14.8 Å². The monoisotopic (exact) mass is 467 g/mol. The maximum Gasteiger partial charge on any atom is 0.343 e. The summed E-state index contributed by atoms with van der Waals surface area (Å²) >= 11 is 0. The first-order chi connectivity index (χ1) is 16.4. The number of carbonyl (C=O) groups excluding carboxylic acids is 2. The quantitative estimate of drug-likeness (QED) is 0.457. The van der Waals surface area contributed by atoms with Crippen molar-refractivity contribution in [3.8, 4) is 0 Å². The highest BCUT2D eigenvalue weighted by Gasteiger charge is 2.48. The van der Waals surface area contributed by atoms with Gasteiger partial charge in [0.25, 0.3) is 5.91 Å². The van der Waals surface area contributed by atoms with Crippen LogP contribution in [0.15, 0.2) is 48.9 Å². The van der Waals surface area contributed by atoms with Gasteiger partial charge < -0.3 is 19.6 Å². The van der Waals surface area contributed by atoms with Gasteiger partial charge in [0, 0.05) is 25.0 Å².